The number of carbonyl (C=O) groups is 3. The topological polar surface area (TPSA) is 128 Å². The maximum atomic E-state index is 12.2. The molecule has 10 heteroatoms. The van der Waals surface area contributed by atoms with Crippen molar-refractivity contribution >= 4 is 35.1 Å². The zero-order chi connectivity index (χ0) is 23.7. The van der Waals surface area contributed by atoms with Gasteiger partial charge in [-0.2, -0.15) is 0 Å². The Labute approximate surface area is 190 Å². The summed E-state index contributed by atoms with van der Waals surface area (Å²) < 4.78 is 5.05. The molecule has 2 N–H and O–H groups in total. The highest BCUT2D eigenvalue weighted by atomic mass is 35.5. The smallest absolute Gasteiger partial charge is 0.326 e. The van der Waals surface area contributed by atoms with Crippen LogP contribution in [0.25, 0.3) is 0 Å². The number of nitrogens with zero attached hydrogens (tertiary/aromatic N) is 1. The molecule has 2 aromatic rings. The van der Waals surface area contributed by atoms with E-state index in [1.807, 2.05) is 37.3 Å². The van der Waals surface area contributed by atoms with E-state index in [0.717, 1.165) is 24.5 Å². The van der Waals surface area contributed by atoms with Gasteiger partial charge in [-0.1, -0.05) is 41.9 Å². The van der Waals surface area contributed by atoms with Crippen LogP contribution in [0.4, 0.5) is 5.69 Å². The van der Waals surface area contributed by atoms with Crippen LogP contribution in [0.3, 0.4) is 0 Å². The standard InChI is InChI=1S/C22H24ClN3O6/c1-14(8-9-16-6-4-3-5-7-16)25-21(28)15(2)32-20(27)13-24-22(29)17-10-11-18(23)19(12-17)26(30)31/h3-7,10-12,14-15H,8-9,13H2,1-2H3,(H,24,29)(H,25,28). The van der Waals surface area contributed by atoms with Crippen LogP contribution in [-0.4, -0.2) is 41.4 Å². The predicted octanol–water partition coefficient (Wildman–Crippen LogP) is 3.05. The molecular formula is C22H24ClN3O6. The molecule has 0 saturated carbocycles. The lowest BCUT2D eigenvalue weighted by atomic mass is 10.1. The lowest BCUT2D eigenvalue weighted by Crippen LogP contribution is -2.42. The van der Waals surface area contributed by atoms with Gasteiger partial charge in [0, 0.05) is 17.7 Å². The largest absolute Gasteiger partial charge is 0.451 e. The number of nitro benzene ring substituents is 1. The monoisotopic (exact) mass is 461 g/mol. The highest BCUT2D eigenvalue weighted by Gasteiger charge is 2.21. The van der Waals surface area contributed by atoms with Gasteiger partial charge in [-0.15, -0.1) is 0 Å². The van der Waals surface area contributed by atoms with Crippen LogP contribution in [0.1, 0.15) is 36.2 Å². The minimum atomic E-state index is -1.05. The molecule has 0 saturated heterocycles. The SMILES string of the molecule is CC(CCc1ccccc1)NC(=O)C(C)OC(=O)CNC(=O)c1ccc(Cl)c([N+](=O)[O-])c1. The van der Waals surface area contributed by atoms with Gasteiger partial charge in [-0.3, -0.25) is 24.5 Å². The summed E-state index contributed by atoms with van der Waals surface area (Å²) in [5.41, 5.74) is 0.704. The second-order valence-corrected chi connectivity index (χ2v) is 7.58. The van der Waals surface area contributed by atoms with Crippen LogP contribution in [0.2, 0.25) is 5.02 Å². The number of rotatable bonds is 10. The van der Waals surface area contributed by atoms with Crippen LogP contribution in [-0.2, 0) is 20.7 Å². The number of carbonyl (C=O) groups excluding carboxylic acids is 3. The molecular weight excluding hydrogens is 438 g/mol. The van der Waals surface area contributed by atoms with Gasteiger partial charge in [0.05, 0.1) is 4.92 Å². The number of nitro groups is 1. The van der Waals surface area contributed by atoms with Crippen molar-refractivity contribution < 1.29 is 24.0 Å². The summed E-state index contributed by atoms with van der Waals surface area (Å²) in [7, 11) is 0. The van der Waals surface area contributed by atoms with Crippen molar-refractivity contribution in [2.24, 2.45) is 0 Å². The van der Waals surface area contributed by atoms with Crippen LogP contribution in [0, 0.1) is 10.1 Å². The molecule has 0 bridgehead atoms. The fourth-order valence-electron chi connectivity index (χ4n) is 2.80. The first-order valence-corrected chi connectivity index (χ1v) is 10.3. The number of benzene rings is 2. The van der Waals surface area contributed by atoms with E-state index >= 15 is 0 Å². The lowest BCUT2D eigenvalue weighted by molar-refractivity contribution is -0.384. The summed E-state index contributed by atoms with van der Waals surface area (Å²) in [5.74, 6) is -1.98. The molecule has 2 unspecified atom stereocenters. The number of hydrogen-bond acceptors (Lipinski definition) is 6. The fourth-order valence-corrected chi connectivity index (χ4v) is 2.99. The maximum absolute atomic E-state index is 12.2. The van der Waals surface area contributed by atoms with Crippen molar-refractivity contribution in [3.63, 3.8) is 0 Å². The molecule has 0 heterocycles. The summed E-state index contributed by atoms with van der Waals surface area (Å²) in [5, 5.41) is 15.9. The average molecular weight is 462 g/mol. The van der Waals surface area contributed by atoms with Crippen molar-refractivity contribution in [2.75, 3.05) is 6.54 Å². The minimum Gasteiger partial charge on any atom is -0.451 e. The molecule has 2 atom stereocenters. The second-order valence-electron chi connectivity index (χ2n) is 7.17. The molecule has 9 nitrogen and oxygen atoms in total. The lowest BCUT2D eigenvalue weighted by Gasteiger charge is -2.18. The van der Waals surface area contributed by atoms with E-state index in [-0.39, 0.29) is 16.6 Å². The molecule has 2 rings (SSSR count). The molecule has 0 aliphatic heterocycles. The van der Waals surface area contributed by atoms with Gasteiger partial charge in [-0.05, 0) is 44.4 Å². The quantitative estimate of drug-likeness (QED) is 0.318. The molecule has 170 valence electrons. The van der Waals surface area contributed by atoms with Crippen molar-refractivity contribution in [2.45, 2.75) is 38.8 Å². The van der Waals surface area contributed by atoms with Gasteiger partial charge in [-0.25, -0.2) is 0 Å². The Hall–Kier alpha value is -3.46. The third-order valence-electron chi connectivity index (χ3n) is 4.57. The van der Waals surface area contributed by atoms with Crippen LogP contribution >= 0.6 is 11.6 Å². The van der Waals surface area contributed by atoms with E-state index in [9.17, 15) is 24.5 Å². The van der Waals surface area contributed by atoms with Crippen LogP contribution < -0.4 is 10.6 Å². The zero-order valence-electron chi connectivity index (χ0n) is 17.7. The number of halogens is 1. The normalized spacial score (nSPS) is 12.3. The Balaban J connectivity index is 1.77. The number of hydrogen-bond donors (Lipinski definition) is 2. The first-order valence-electron chi connectivity index (χ1n) is 9.93. The summed E-state index contributed by atoms with van der Waals surface area (Å²) in [4.78, 5) is 46.5. The highest BCUT2D eigenvalue weighted by molar-refractivity contribution is 6.32. The van der Waals surface area contributed by atoms with Gasteiger partial charge in [0.1, 0.15) is 11.6 Å². The Morgan fingerprint density at radius 1 is 1.12 bits per heavy atom. The number of amides is 2. The Morgan fingerprint density at radius 3 is 2.47 bits per heavy atom. The first-order chi connectivity index (χ1) is 15.2. The molecule has 0 aliphatic rings. The van der Waals surface area contributed by atoms with E-state index in [0.29, 0.717) is 0 Å². The van der Waals surface area contributed by atoms with Crippen molar-refractivity contribution in [1.82, 2.24) is 10.6 Å². The average Bonchev–Trinajstić information content (AvgIpc) is 2.76. The van der Waals surface area contributed by atoms with E-state index < -0.39 is 41.0 Å². The summed E-state index contributed by atoms with van der Waals surface area (Å²) >= 11 is 5.71. The van der Waals surface area contributed by atoms with Crippen molar-refractivity contribution in [3.8, 4) is 0 Å². The molecule has 0 spiro atoms. The van der Waals surface area contributed by atoms with Crippen LogP contribution in [0.15, 0.2) is 48.5 Å². The van der Waals surface area contributed by atoms with E-state index in [1.165, 1.54) is 19.1 Å². The molecule has 2 amide bonds. The molecule has 32 heavy (non-hydrogen) atoms. The van der Waals surface area contributed by atoms with E-state index in [2.05, 4.69) is 10.6 Å². The van der Waals surface area contributed by atoms with Crippen LogP contribution in [0.5, 0.6) is 0 Å². The third kappa shape index (κ3) is 7.66. The Bertz CT molecular complexity index is 983. The highest BCUT2D eigenvalue weighted by Crippen LogP contribution is 2.24. The Morgan fingerprint density at radius 2 is 1.81 bits per heavy atom. The van der Waals surface area contributed by atoms with Crippen molar-refractivity contribution in [3.05, 3.63) is 74.8 Å². The number of esters is 1. The molecule has 0 fully saturated rings. The molecule has 0 aromatic heterocycles. The summed E-state index contributed by atoms with van der Waals surface area (Å²) in [6, 6.07) is 13.3. The van der Waals surface area contributed by atoms with E-state index in [1.54, 1.807) is 0 Å². The summed E-state index contributed by atoms with van der Waals surface area (Å²) in [6.07, 6.45) is 0.473. The van der Waals surface area contributed by atoms with Gasteiger partial charge in [0.15, 0.2) is 6.10 Å². The first kappa shape index (κ1) is 24.8. The predicted molar refractivity (Wildman–Crippen MR) is 118 cm³/mol. The second kappa shape index (κ2) is 11.8. The summed E-state index contributed by atoms with van der Waals surface area (Å²) in [6.45, 7) is 2.79. The molecule has 0 aliphatic carbocycles. The zero-order valence-corrected chi connectivity index (χ0v) is 18.4. The van der Waals surface area contributed by atoms with E-state index in [4.69, 9.17) is 16.3 Å². The van der Waals surface area contributed by atoms with Gasteiger partial charge in [0.2, 0.25) is 0 Å². The Kier molecular flexibility index (Phi) is 9.15. The maximum Gasteiger partial charge on any atom is 0.326 e. The minimum absolute atomic E-state index is 0.0352. The number of aryl methyl sites for hydroxylation is 1. The fraction of sp³-hybridized carbons (Fsp3) is 0.318. The number of ether oxygens (including phenoxy) is 1. The molecule has 2 aromatic carbocycles. The molecule has 0 radical (unpaired) electrons. The van der Waals surface area contributed by atoms with Gasteiger partial charge < -0.3 is 15.4 Å². The van der Waals surface area contributed by atoms with Crippen molar-refractivity contribution in [1.29, 1.82) is 0 Å². The van der Waals surface area contributed by atoms with Gasteiger partial charge in [0.25, 0.3) is 17.5 Å². The van der Waals surface area contributed by atoms with Gasteiger partial charge >= 0.3 is 5.97 Å². The third-order valence-corrected chi connectivity index (χ3v) is 4.89. The number of nitrogens with one attached hydrogen (secondary N) is 2.